The van der Waals surface area contributed by atoms with Gasteiger partial charge < -0.3 is 15.2 Å². The van der Waals surface area contributed by atoms with Crippen LogP contribution in [0.1, 0.15) is 32.4 Å². The number of methoxy groups -OCH3 is 1. The second kappa shape index (κ2) is 7.85. The van der Waals surface area contributed by atoms with Crippen LogP contribution in [-0.4, -0.2) is 29.1 Å². The molecule has 23 heavy (non-hydrogen) atoms. The molecule has 0 radical (unpaired) electrons. The first-order valence-electron chi connectivity index (χ1n) is 7.07. The molecular formula is C16H18N2O4S. The number of carbonyl (C=O) groups excluding carboxylic acids is 1. The van der Waals surface area contributed by atoms with E-state index in [2.05, 4.69) is 10.3 Å². The molecule has 2 aromatic rings. The fourth-order valence-electron chi connectivity index (χ4n) is 2.04. The molecule has 1 aromatic carbocycles. The third kappa shape index (κ3) is 4.87. The Hall–Kier alpha value is -2.25. The number of carboxylic acid groups (broad SMARTS) is 1. The lowest BCUT2D eigenvalue weighted by atomic mass is 10.1. The van der Waals surface area contributed by atoms with Crippen molar-refractivity contribution in [2.45, 2.75) is 26.4 Å². The quantitative estimate of drug-likeness (QED) is 0.813. The minimum Gasteiger partial charge on any atom is -0.481 e. The van der Waals surface area contributed by atoms with E-state index < -0.39 is 5.97 Å². The molecular weight excluding hydrogens is 316 g/mol. The van der Waals surface area contributed by atoms with E-state index in [1.54, 1.807) is 26.2 Å². The summed E-state index contributed by atoms with van der Waals surface area (Å²) in [7, 11) is 1.59. The van der Waals surface area contributed by atoms with E-state index in [1.165, 1.54) is 11.3 Å². The third-order valence-electron chi connectivity index (χ3n) is 3.15. The van der Waals surface area contributed by atoms with Crippen molar-refractivity contribution in [1.82, 2.24) is 4.98 Å². The zero-order valence-corrected chi connectivity index (χ0v) is 13.8. The molecule has 0 saturated carbocycles. The van der Waals surface area contributed by atoms with Gasteiger partial charge in [0.05, 0.1) is 12.3 Å². The van der Waals surface area contributed by atoms with Gasteiger partial charge in [0.1, 0.15) is 9.88 Å². The minimum atomic E-state index is -0.824. The van der Waals surface area contributed by atoms with Crippen LogP contribution < -0.4 is 5.32 Å². The Labute approximate surface area is 138 Å². The number of benzene rings is 1. The number of nitrogens with one attached hydrogen (secondary N) is 1. The molecule has 1 heterocycles. The lowest BCUT2D eigenvalue weighted by Crippen LogP contribution is -2.11. The Morgan fingerprint density at radius 2 is 2.00 bits per heavy atom. The fraction of sp³-hybridized carbons (Fsp3) is 0.312. The van der Waals surface area contributed by atoms with Gasteiger partial charge in [-0.25, -0.2) is 4.98 Å². The molecule has 2 N–H and O–H groups in total. The molecule has 0 aliphatic rings. The van der Waals surface area contributed by atoms with Crippen molar-refractivity contribution in [2.75, 3.05) is 12.4 Å². The third-order valence-corrected chi connectivity index (χ3v) is 4.28. The van der Waals surface area contributed by atoms with Gasteiger partial charge in [0, 0.05) is 19.2 Å². The summed E-state index contributed by atoms with van der Waals surface area (Å²) in [6, 6.07) is 7.16. The molecule has 6 nitrogen and oxygen atoms in total. The zero-order valence-electron chi connectivity index (χ0n) is 13.0. The van der Waals surface area contributed by atoms with Crippen LogP contribution in [-0.2, 0) is 22.6 Å². The van der Waals surface area contributed by atoms with E-state index in [0.29, 0.717) is 29.3 Å². The summed E-state index contributed by atoms with van der Waals surface area (Å²) < 4.78 is 5.02. The summed E-state index contributed by atoms with van der Waals surface area (Å²) in [5, 5.41) is 12.3. The maximum Gasteiger partial charge on any atom is 0.303 e. The van der Waals surface area contributed by atoms with Crippen LogP contribution in [0.15, 0.2) is 24.3 Å². The van der Waals surface area contributed by atoms with E-state index in [0.717, 1.165) is 10.6 Å². The van der Waals surface area contributed by atoms with Gasteiger partial charge in [-0.05, 0) is 31.0 Å². The van der Waals surface area contributed by atoms with Crippen molar-refractivity contribution in [3.63, 3.8) is 0 Å². The fourth-order valence-corrected chi connectivity index (χ4v) is 2.97. The SMILES string of the molecule is COCc1nc(C)c(C(=O)Nc2ccc(CCC(=O)O)cc2)s1. The smallest absolute Gasteiger partial charge is 0.303 e. The van der Waals surface area contributed by atoms with Crippen molar-refractivity contribution in [3.05, 3.63) is 45.4 Å². The van der Waals surface area contributed by atoms with Gasteiger partial charge in [-0.1, -0.05) is 12.1 Å². The van der Waals surface area contributed by atoms with Gasteiger partial charge in [-0.2, -0.15) is 0 Å². The number of hydrogen-bond acceptors (Lipinski definition) is 5. The zero-order chi connectivity index (χ0) is 16.8. The van der Waals surface area contributed by atoms with Crippen molar-refractivity contribution < 1.29 is 19.4 Å². The van der Waals surface area contributed by atoms with E-state index in [-0.39, 0.29) is 12.3 Å². The number of amides is 1. The van der Waals surface area contributed by atoms with Gasteiger partial charge in [0.15, 0.2) is 0 Å². The molecule has 0 spiro atoms. The molecule has 0 unspecified atom stereocenters. The highest BCUT2D eigenvalue weighted by Gasteiger charge is 2.15. The number of hydrogen-bond donors (Lipinski definition) is 2. The number of ether oxygens (including phenoxy) is 1. The van der Waals surface area contributed by atoms with Crippen LogP contribution in [0.3, 0.4) is 0 Å². The van der Waals surface area contributed by atoms with Gasteiger partial charge >= 0.3 is 5.97 Å². The first-order valence-corrected chi connectivity index (χ1v) is 7.88. The molecule has 122 valence electrons. The van der Waals surface area contributed by atoms with Crippen LogP contribution in [0.25, 0.3) is 0 Å². The highest BCUT2D eigenvalue weighted by molar-refractivity contribution is 7.13. The average Bonchev–Trinajstić information content (AvgIpc) is 2.87. The van der Waals surface area contributed by atoms with Crippen molar-refractivity contribution in [2.24, 2.45) is 0 Å². The molecule has 1 aromatic heterocycles. The lowest BCUT2D eigenvalue weighted by molar-refractivity contribution is -0.136. The largest absolute Gasteiger partial charge is 0.481 e. The lowest BCUT2D eigenvalue weighted by Gasteiger charge is -2.05. The van der Waals surface area contributed by atoms with Crippen LogP contribution in [0.5, 0.6) is 0 Å². The highest BCUT2D eigenvalue weighted by atomic mass is 32.1. The van der Waals surface area contributed by atoms with Crippen LogP contribution in [0, 0.1) is 6.92 Å². The van der Waals surface area contributed by atoms with Crippen LogP contribution in [0.2, 0.25) is 0 Å². The van der Waals surface area contributed by atoms with Gasteiger partial charge in [0.25, 0.3) is 5.91 Å². The molecule has 0 atom stereocenters. The number of carbonyl (C=O) groups is 2. The summed E-state index contributed by atoms with van der Waals surface area (Å²) in [5.74, 6) is -1.03. The van der Waals surface area contributed by atoms with Gasteiger partial charge in [0.2, 0.25) is 0 Å². The Morgan fingerprint density at radius 1 is 1.30 bits per heavy atom. The van der Waals surface area contributed by atoms with Crippen molar-refractivity contribution in [1.29, 1.82) is 0 Å². The number of thiazole rings is 1. The number of aliphatic carboxylic acids is 1. The molecule has 0 saturated heterocycles. The Bertz CT molecular complexity index is 695. The first kappa shape index (κ1) is 17.1. The Balaban J connectivity index is 2.01. The van der Waals surface area contributed by atoms with Gasteiger partial charge in [-0.15, -0.1) is 11.3 Å². The monoisotopic (exact) mass is 334 g/mol. The number of carboxylic acids is 1. The topological polar surface area (TPSA) is 88.5 Å². The van der Waals surface area contributed by atoms with E-state index in [9.17, 15) is 9.59 Å². The maximum absolute atomic E-state index is 12.3. The summed E-state index contributed by atoms with van der Waals surface area (Å²) >= 11 is 1.31. The summed E-state index contributed by atoms with van der Waals surface area (Å²) in [5.41, 5.74) is 2.26. The van der Waals surface area contributed by atoms with E-state index >= 15 is 0 Å². The average molecular weight is 334 g/mol. The number of aryl methyl sites for hydroxylation is 2. The number of aromatic nitrogens is 1. The van der Waals surface area contributed by atoms with Crippen LogP contribution in [0.4, 0.5) is 5.69 Å². The number of nitrogens with zero attached hydrogens (tertiary/aromatic N) is 1. The predicted molar refractivity (Wildman–Crippen MR) is 87.9 cm³/mol. The molecule has 7 heteroatoms. The van der Waals surface area contributed by atoms with E-state index in [1.807, 2.05) is 12.1 Å². The molecule has 0 fully saturated rings. The number of anilines is 1. The molecule has 1 amide bonds. The molecule has 0 bridgehead atoms. The summed E-state index contributed by atoms with van der Waals surface area (Å²) in [6.45, 7) is 2.18. The normalized spacial score (nSPS) is 10.5. The maximum atomic E-state index is 12.3. The molecule has 0 aliphatic carbocycles. The first-order chi connectivity index (χ1) is 11.0. The Kier molecular flexibility index (Phi) is 5.84. The predicted octanol–water partition coefficient (Wildman–Crippen LogP) is 2.87. The molecule has 0 aliphatic heterocycles. The van der Waals surface area contributed by atoms with Crippen LogP contribution >= 0.6 is 11.3 Å². The number of rotatable bonds is 7. The second-order valence-electron chi connectivity index (χ2n) is 5.00. The van der Waals surface area contributed by atoms with Gasteiger partial charge in [-0.3, -0.25) is 9.59 Å². The second-order valence-corrected chi connectivity index (χ2v) is 6.08. The minimum absolute atomic E-state index is 0.0913. The van der Waals surface area contributed by atoms with E-state index in [4.69, 9.17) is 9.84 Å². The standard InChI is InChI=1S/C16H18N2O4S/c1-10-15(23-13(17-10)9-22-2)16(21)18-12-6-3-11(4-7-12)5-8-14(19)20/h3-4,6-7H,5,8-9H2,1-2H3,(H,18,21)(H,19,20). The van der Waals surface area contributed by atoms with Crippen molar-refractivity contribution >= 4 is 28.9 Å². The Morgan fingerprint density at radius 3 is 2.61 bits per heavy atom. The highest BCUT2D eigenvalue weighted by Crippen LogP contribution is 2.20. The summed E-state index contributed by atoms with van der Waals surface area (Å²) in [4.78, 5) is 27.7. The molecule has 2 rings (SSSR count). The van der Waals surface area contributed by atoms with Crippen molar-refractivity contribution in [3.8, 4) is 0 Å². The summed E-state index contributed by atoms with van der Waals surface area (Å²) in [6.07, 6.45) is 0.561.